The first-order valence-corrected chi connectivity index (χ1v) is 9.10. The Morgan fingerprint density at radius 2 is 1.64 bits per heavy atom. The van der Waals surface area contributed by atoms with Gasteiger partial charge in [0.2, 0.25) is 5.91 Å². The van der Waals surface area contributed by atoms with Crippen LogP contribution in [-0.4, -0.2) is 18.0 Å². The molecule has 3 aliphatic carbocycles. The van der Waals surface area contributed by atoms with Crippen LogP contribution in [0.3, 0.4) is 0 Å². The number of nitrogens with one attached hydrogen (secondary N) is 1. The van der Waals surface area contributed by atoms with Gasteiger partial charge in [-0.15, -0.1) is 12.4 Å². The van der Waals surface area contributed by atoms with Crippen molar-refractivity contribution in [2.24, 2.45) is 35.3 Å². The van der Waals surface area contributed by atoms with Gasteiger partial charge in [-0.25, -0.2) is 0 Å². The van der Waals surface area contributed by atoms with Gasteiger partial charge >= 0.3 is 0 Å². The van der Waals surface area contributed by atoms with Crippen molar-refractivity contribution in [3.8, 4) is 0 Å². The van der Waals surface area contributed by atoms with Crippen LogP contribution in [0, 0.1) is 29.6 Å². The second-order valence-corrected chi connectivity index (χ2v) is 8.21. The van der Waals surface area contributed by atoms with E-state index in [-0.39, 0.29) is 18.3 Å². The molecule has 3 rings (SSSR count). The smallest absolute Gasteiger partial charge is 0.223 e. The summed E-state index contributed by atoms with van der Waals surface area (Å²) >= 11 is 0. The molecule has 3 saturated carbocycles. The van der Waals surface area contributed by atoms with Gasteiger partial charge in [-0.3, -0.25) is 4.79 Å². The summed E-state index contributed by atoms with van der Waals surface area (Å²) in [5, 5.41) is 3.38. The van der Waals surface area contributed by atoms with Crippen molar-refractivity contribution >= 4 is 18.3 Å². The average molecular weight is 329 g/mol. The van der Waals surface area contributed by atoms with E-state index in [0.29, 0.717) is 35.7 Å². The Labute approximate surface area is 141 Å². The molecule has 3 nitrogen and oxygen atoms in total. The van der Waals surface area contributed by atoms with Crippen LogP contribution in [0.4, 0.5) is 0 Å². The molecule has 0 aromatic heterocycles. The number of hydrogen-bond donors (Lipinski definition) is 2. The van der Waals surface area contributed by atoms with Gasteiger partial charge in [0.1, 0.15) is 0 Å². The standard InChI is InChI=1S/C18H32N2O.ClH/c1-11-6-7-16(12(2)8-11)20-18(21)15-9-13-4-3-5-14(10-15)17(13)19;/h11-17H,3-10,19H2,1-2H3,(H,20,21);1H. The highest BCUT2D eigenvalue weighted by atomic mass is 35.5. The quantitative estimate of drug-likeness (QED) is 0.815. The Balaban J connectivity index is 0.00000176. The van der Waals surface area contributed by atoms with Crippen molar-refractivity contribution in [3.63, 3.8) is 0 Å². The third-order valence-corrected chi connectivity index (χ3v) is 6.54. The number of nitrogens with two attached hydrogens (primary N) is 1. The number of carbonyl (C=O) groups excluding carboxylic acids is 1. The molecule has 1 amide bonds. The zero-order valence-electron chi connectivity index (χ0n) is 14.1. The second kappa shape index (κ2) is 7.53. The zero-order chi connectivity index (χ0) is 15.0. The minimum Gasteiger partial charge on any atom is -0.353 e. The maximum atomic E-state index is 12.7. The van der Waals surface area contributed by atoms with Gasteiger partial charge < -0.3 is 11.1 Å². The number of rotatable bonds is 2. The maximum Gasteiger partial charge on any atom is 0.223 e. The van der Waals surface area contributed by atoms with E-state index in [0.717, 1.165) is 25.2 Å². The average Bonchev–Trinajstić information content (AvgIpc) is 2.41. The highest BCUT2D eigenvalue weighted by Crippen LogP contribution is 2.42. The van der Waals surface area contributed by atoms with Gasteiger partial charge in [0.05, 0.1) is 0 Å². The molecule has 22 heavy (non-hydrogen) atoms. The van der Waals surface area contributed by atoms with Crippen LogP contribution in [0.25, 0.3) is 0 Å². The van der Waals surface area contributed by atoms with E-state index in [2.05, 4.69) is 19.2 Å². The minimum atomic E-state index is 0. The SMILES string of the molecule is CC1CCC(NC(=O)C2CC3CCCC(C2)C3N)C(C)C1.Cl. The third kappa shape index (κ3) is 3.79. The zero-order valence-corrected chi connectivity index (χ0v) is 14.9. The lowest BCUT2D eigenvalue weighted by Crippen LogP contribution is -2.51. The monoisotopic (exact) mass is 328 g/mol. The Kier molecular flexibility index (Phi) is 6.18. The minimum absolute atomic E-state index is 0. The van der Waals surface area contributed by atoms with Gasteiger partial charge in [0.15, 0.2) is 0 Å². The Morgan fingerprint density at radius 3 is 2.23 bits per heavy atom. The molecule has 0 aromatic carbocycles. The number of hydrogen-bond acceptors (Lipinski definition) is 2. The second-order valence-electron chi connectivity index (χ2n) is 8.21. The van der Waals surface area contributed by atoms with E-state index < -0.39 is 0 Å². The highest BCUT2D eigenvalue weighted by Gasteiger charge is 2.41. The van der Waals surface area contributed by atoms with Gasteiger partial charge in [0.25, 0.3) is 0 Å². The van der Waals surface area contributed by atoms with Crippen LogP contribution in [0.2, 0.25) is 0 Å². The van der Waals surface area contributed by atoms with E-state index >= 15 is 0 Å². The fourth-order valence-electron chi connectivity index (χ4n) is 5.18. The highest BCUT2D eigenvalue weighted by molar-refractivity contribution is 5.85. The molecule has 3 fully saturated rings. The van der Waals surface area contributed by atoms with Crippen molar-refractivity contribution in [3.05, 3.63) is 0 Å². The Hall–Kier alpha value is -0.280. The summed E-state index contributed by atoms with van der Waals surface area (Å²) in [7, 11) is 0. The van der Waals surface area contributed by atoms with Crippen molar-refractivity contribution < 1.29 is 4.79 Å². The lowest BCUT2D eigenvalue weighted by molar-refractivity contribution is -0.129. The normalized spacial score (nSPS) is 44.8. The fraction of sp³-hybridized carbons (Fsp3) is 0.944. The predicted molar refractivity (Wildman–Crippen MR) is 92.9 cm³/mol. The van der Waals surface area contributed by atoms with E-state index in [1.807, 2.05) is 0 Å². The van der Waals surface area contributed by atoms with Gasteiger partial charge in [-0.2, -0.15) is 0 Å². The molecule has 5 unspecified atom stereocenters. The van der Waals surface area contributed by atoms with E-state index in [9.17, 15) is 4.79 Å². The number of fused-ring (bicyclic) bond motifs is 2. The molecular weight excluding hydrogens is 296 g/mol. The van der Waals surface area contributed by atoms with Crippen LogP contribution in [-0.2, 0) is 4.79 Å². The van der Waals surface area contributed by atoms with Crippen molar-refractivity contribution in [2.45, 2.75) is 77.3 Å². The van der Waals surface area contributed by atoms with Crippen LogP contribution < -0.4 is 11.1 Å². The summed E-state index contributed by atoms with van der Waals surface area (Å²) in [6.07, 6.45) is 9.52. The lowest BCUT2D eigenvalue weighted by Gasteiger charge is -2.44. The fourth-order valence-corrected chi connectivity index (χ4v) is 5.18. The molecule has 5 atom stereocenters. The van der Waals surface area contributed by atoms with Gasteiger partial charge in [-0.05, 0) is 68.6 Å². The molecule has 0 aromatic rings. The van der Waals surface area contributed by atoms with Crippen LogP contribution in [0.1, 0.15) is 65.2 Å². The number of carbonyl (C=O) groups is 1. The van der Waals surface area contributed by atoms with Crippen molar-refractivity contribution in [1.82, 2.24) is 5.32 Å². The molecule has 2 bridgehead atoms. The summed E-state index contributed by atoms with van der Waals surface area (Å²) in [6, 6.07) is 0.765. The third-order valence-electron chi connectivity index (χ3n) is 6.54. The largest absolute Gasteiger partial charge is 0.353 e. The summed E-state index contributed by atoms with van der Waals surface area (Å²) in [6.45, 7) is 4.63. The maximum absolute atomic E-state index is 12.7. The van der Waals surface area contributed by atoms with Crippen molar-refractivity contribution in [2.75, 3.05) is 0 Å². The van der Waals surface area contributed by atoms with Crippen LogP contribution in [0.5, 0.6) is 0 Å². The molecule has 0 radical (unpaired) electrons. The molecule has 0 aliphatic heterocycles. The predicted octanol–water partition coefficient (Wildman–Crippen LogP) is 3.50. The molecule has 3 N–H and O–H groups in total. The molecule has 0 spiro atoms. The summed E-state index contributed by atoms with van der Waals surface area (Å²) in [4.78, 5) is 12.7. The molecule has 0 heterocycles. The first-order valence-electron chi connectivity index (χ1n) is 9.10. The topological polar surface area (TPSA) is 55.1 Å². The van der Waals surface area contributed by atoms with Crippen LogP contribution in [0.15, 0.2) is 0 Å². The Morgan fingerprint density at radius 1 is 1.00 bits per heavy atom. The summed E-state index contributed by atoms with van der Waals surface area (Å²) < 4.78 is 0. The van der Waals surface area contributed by atoms with Crippen molar-refractivity contribution in [1.29, 1.82) is 0 Å². The first-order chi connectivity index (χ1) is 10.0. The van der Waals surface area contributed by atoms with Crippen LogP contribution >= 0.6 is 12.4 Å². The number of halogens is 1. The summed E-state index contributed by atoms with van der Waals surface area (Å²) in [5.74, 6) is 3.19. The number of amides is 1. The Bertz CT molecular complexity index is 375. The van der Waals surface area contributed by atoms with E-state index in [1.165, 1.54) is 32.1 Å². The van der Waals surface area contributed by atoms with Gasteiger partial charge in [-0.1, -0.05) is 20.3 Å². The first kappa shape index (κ1) is 18.1. The van der Waals surface area contributed by atoms with E-state index in [4.69, 9.17) is 5.73 Å². The van der Waals surface area contributed by atoms with E-state index in [1.54, 1.807) is 0 Å². The molecular formula is C18H33ClN2O. The molecule has 128 valence electrons. The lowest BCUT2D eigenvalue weighted by atomic mass is 9.65. The molecule has 0 saturated heterocycles. The molecule has 3 aliphatic rings. The van der Waals surface area contributed by atoms with Gasteiger partial charge in [0, 0.05) is 18.0 Å². The summed E-state index contributed by atoms with van der Waals surface area (Å²) in [5.41, 5.74) is 6.34. The molecule has 4 heteroatoms.